The Morgan fingerprint density at radius 2 is 1.97 bits per heavy atom. The molecule has 2 heterocycles. The molecule has 4 rings (SSSR count). The Hall–Kier alpha value is -3.31. The van der Waals surface area contributed by atoms with Gasteiger partial charge in [0.2, 0.25) is 11.7 Å². The third-order valence-corrected chi connectivity index (χ3v) is 5.05. The van der Waals surface area contributed by atoms with E-state index in [1.807, 2.05) is 6.92 Å². The number of nitrogens with zero attached hydrogens (tertiary/aromatic N) is 2. The van der Waals surface area contributed by atoms with E-state index in [0.717, 1.165) is 31.9 Å². The molecular formula is C24H22F3N3O2. The van der Waals surface area contributed by atoms with Gasteiger partial charge in [0, 0.05) is 16.7 Å². The smallest absolute Gasteiger partial charge is 0.417 e. The van der Waals surface area contributed by atoms with Crippen LogP contribution in [0.15, 0.2) is 47.0 Å². The molecular weight excluding hydrogens is 419 g/mol. The molecule has 1 aliphatic heterocycles. The Balaban J connectivity index is 1.59. The van der Waals surface area contributed by atoms with E-state index in [1.54, 1.807) is 24.3 Å². The quantitative estimate of drug-likeness (QED) is 0.540. The summed E-state index contributed by atoms with van der Waals surface area (Å²) in [6.45, 7) is 3.46. The molecule has 166 valence electrons. The van der Waals surface area contributed by atoms with E-state index in [2.05, 4.69) is 27.3 Å². The van der Waals surface area contributed by atoms with Crippen LogP contribution in [0.3, 0.4) is 0 Å². The Morgan fingerprint density at radius 1 is 1.16 bits per heavy atom. The zero-order chi connectivity index (χ0) is 22.6. The molecule has 0 bridgehead atoms. The summed E-state index contributed by atoms with van der Waals surface area (Å²) in [6.07, 6.45) is -1.84. The standard InChI is InChI=1S/C24H22F3N3O2/c1-2-14-31-19-11-6-16(7-12-19)5-8-17-9-10-18(15-20(17)24(25,26)27)22-29-23(32-30-22)21-4-3-13-28-21/h6-7,9-12,15,21,28H,2-4,13-14H2,1H3. The number of alkyl halides is 3. The first-order valence-corrected chi connectivity index (χ1v) is 10.5. The summed E-state index contributed by atoms with van der Waals surface area (Å²) in [4.78, 5) is 4.28. The Bertz CT molecular complexity index is 1120. The maximum Gasteiger partial charge on any atom is 0.417 e. The topological polar surface area (TPSA) is 60.2 Å². The number of nitrogens with one attached hydrogen (secondary N) is 1. The Kier molecular flexibility index (Phi) is 6.47. The van der Waals surface area contributed by atoms with Crippen molar-refractivity contribution in [2.45, 2.75) is 38.4 Å². The fourth-order valence-electron chi connectivity index (χ4n) is 3.41. The van der Waals surface area contributed by atoms with Gasteiger partial charge < -0.3 is 14.6 Å². The number of aromatic nitrogens is 2. The lowest BCUT2D eigenvalue weighted by atomic mass is 10.0. The van der Waals surface area contributed by atoms with Gasteiger partial charge in [-0.05, 0) is 68.3 Å². The van der Waals surface area contributed by atoms with Crippen LogP contribution in [0.5, 0.6) is 5.75 Å². The molecule has 0 spiro atoms. The predicted octanol–water partition coefficient (Wildman–Crippen LogP) is 5.37. The van der Waals surface area contributed by atoms with E-state index < -0.39 is 11.7 Å². The van der Waals surface area contributed by atoms with E-state index in [1.165, 1.54) is 12.1 Å². The second-order valence-electron chi connectivity index (χ2n) is 7.49. The van der Waals surface area contributed by atoms with Gasteiger partial charge in [-0.25, -0.2) is 0 Å². The van der Waals surface area contributed by atoms with Gasteiger partial charge in [-0.3, -0.25) is 0 Å². The van der Waals surface area contributed by atoms with Crippen molar-refractivity contribution in [2.24, 2.45) is 0 Å². The van der Waals surface area contributed by atoms with Crippen molar-refractivity contribution in [3.63, 3.8) is 0 Å². The third-order valence-electron chi connectivity index (χ3n) is 5.05. The molecule has 0 radical (unpaired) electrons. The molecule has 3 aromatic rings. The predicted molar refractivity (Wildman–Crippen MR) is 113 cm³/mol. The number of hydrogen-bond donors (Lipinski definition) is 1. The monoisotopic (exact) mass is 441 g/mol. The van der Waals surface area contributed by atoms with Crippen molar-refractivity contribution in [1.29, 1.82) is 0 Å². The zero-order valence-corrected chi connectivity index (χ0v) is 17.5. The molecule has 0 amide bonds. The second kappa shape index (κ2) is 9.45. The molecule has 0 aliphatic carbocycles. The van der Waals surface area contributed by atoms with Gasteiger partial charge in [-0.15, -0.1) is 0 Å². The highest BCUT2D eigenvalue weighted by atomic mass is 19.4. The maximum atomic E-state index is 13.7. The molecule has 1 aromatic heterocycles. The van der Waals surface area contributed by atoms with Gasteiger partial charge in [0.1, 0.15) is 5.75 Å². The summed E-state index contributed by atoms with van der Waals surface area (Å²) in [7, 11) is 0. The largest absolute Gasteiger partial charge is 0.494 e. The first-order chi connectivity index (χ1) is 15.4. The van der Waals surface area contributed by atoms with Gasteiger partial charge in [-0.2, -0.15) is 18.2 Å². The zero-order valence-electron chi connectivity index (χ0n) is 17.5. The van der Waals surface area contributed by atoms with E-state index in [0.29, 0.717) is 23.8 Å². The Labute approximate surface area is 184 Å². The summed E-state index contributed by atoms with van der Waals surface area (Å²) in [5.74, 6) is 6.65. The second-order valence-corrected chi connectivity index (χ2v) is 7.49. The molecule has 2 aromatic carbocycles. The number of halogens is 3. The van der Waals surface area contributed by atoms with Crippen LogP contribution in [-0.4, -0.2) is 23.3 Å². The number of rotatable bonds is 5. The van der Waals surface area contributed by atoms with Crippen LogP contribution in [0.25, 0.3) is 11.4 Å². The fraction of sp³-hybridized carbons (Fsp3) is 0.333. The van der Waals surface area contributed by atoms with Crippen molar-refractivity contribution < 1.29 is 22.4 Å². The highest BCUT2D eigenvalue weighted by Crippen LogP contribution is 2.34. The van der Waals surface area contributed by atoms with Gasteiger partial charge in [0.15, 0.2) is 0 Å². The fourth-order valence-corrected chi connectivity index (χ4v) is 3.41. The van der Waals surface area contributed by atoms with Crippen molar-refractivity contribution in [1.82, 2.24) is 15.5 Å². The van der Waals surface area contributed by atoms with Gasteiger partial charge in [0.25, 0.3) is 0 Å². The molecule has 1 N–H and O–H groups in total. The first kappa shape index (κ1) is 21.9. The minimum atomic E-state index is -4.57. The first-order valence-electron chi connectivity index (χ1n) is 10.5. The van der Waals surface area contributed by atoms with E-state index in [9.17, 15) is 13.2 Å². The minimum Gasteiger partial charge on any atom is -0.494 e. The molecule has 8 heteroatoms. The summed E-state index contributed by atoms with van der Waals surface area (Å²) in [5, 5.41) is 7.09. The molecule has 1 unspecified atom stereocenters. The molecule has 1 saturated heterocycles. The summed E-state index contributed by atoms with van der Waals surface area (Å²) in [5.41, 5.74) is -0.129. The Morgan fingerprint density at radius 3 is 2.66 bits per heavy atom. The number of ether oxygens (including phenoxy) is 1. The van der Waals surface area contributed by atoms with Crippen LogP contribution < -0.4 is 10.1 Å². The maximum absolute atomic E-state index is 13.7. The summed E-state index contributed by atoms with van der Waals surface area (Å²) in [6, 6.07) is 10.8. The highest BCUT2D eigenvalue weighted by molar-refractivity contribution is 5.60. The summed E-state index contributed by atoms with van der Waals surface area (Å²) < 4.78 is 52.0. The van der Waals surface area contributed by atoms with Crippen molar-refractivity contribution in [3.05, 3.63) is 65.0 Å². The molecule has 1 aliphatic rings. The molecule has 1 atom stereocenters. The minimum absolute atomic E-state index is 0.0535. The lowest BCUT2D eigenvalue weighted by Gasteiger charge is -2.10. The molecule has 0 saturated carbocycles. The lowest BCUT2D eigenvalue weighted by Crippen LogP contribution is -2.13. The average Bonchev–Trinajstić information content (AvgIpc) is 3.48. The normalized spacial score (nSPS) is 15.9. The van der Waals surface area contributed by atoms with Gasteiger partial charge in [-0.1, -0.05) is 23.9 Å². The van der Waals surface area contributed by atoms with E-state index in [4.69, 9.17) is 9.26 Å². The number of benzene rings is 2. The molecule has 5 nitrogen and oxygen atoms in total. The van der Waals surface area contributed by atoms with Crippen molar-refractivity contribution in [2.75, 3.05) is 13.2 Å². The van der Waals surface area contributed by atoms with Crippen LogP contribution in [0, 0.1) is 11.8 Å². The van der Waals surface area contributed by atoms with Crippen LogP contribution in [0.4, 0.5) is 13.2 Å². The average molecular weight is 441 g/mol. The van der Waals surface area contributed by atoms with Crippen LogP contribution in [0.2, 0.25) is 0 Å². The van der Waals surface area contributed by atoms with Gasteiger partial charge in [0.05, 0.1) is 18.2 Å². The van der Waals surface area contributed by atoms with Crippen molar-refractivity contribution in [3.8, 4) is 29.0 Å². The molecule has 1 fully saturated rings. The van der Waals surface area contributed by atoms with Crippen LogP contribution >= 0.6 is 0 Å². The van der Waals surface area contributed by atoms with Gasteiger partial charge >= 0.3 is 6.18 Å². The summed E-state index contributed by atoms with van der Waals surface area (Å²) >= 11 is 0. The van der Waals surface area contributed by atoms with Crippen molar-refractivity contribution >= 4 is 0 Å². The third kappa shape index (κ3) is 5.11. The molecule has 32 heavy (non-hydrogen) atoms. The van der Waals surface area contributed by atoms with Crippen LogP contribution in [0.1, 0.15) is 54.8 Å². The van der Waals surface area contributed by atoms with E-state index >= 15 is 0 Å². The number of hydrogen-bond acceptors (Lipinski definition) is 5. The van der Waals surface area contributed by atoms with Crippen LogP contribution in [-0.2, 0) is 6.18 Å². The highest BCUT2D eigenvalue weighted by Gasteiger charge is 2.34. The lowest BCUT2D eigenvalue weighted by molar-refractivity contribution is -0.137. The van der Waals surface area contributed by atoms with E-state index in [-0.39, 0.29) is 23.0 Å². The SMILES string of the molecule is CCCOc1ccc(C#Cc2ccc(-c3noc(C4CCCN4)n3)cc2C(F)(F)F)cc1.